The summed E-state index contributed by atoms with van der Waals surface area (Å²) < 4.78 is 2.18. The standard InChI is InChI=1S/C19H17N3/c1-21-12-9-19-17(14-21)16-4-2-3-5-18(16)22(19)13-8-15-6-10-20-11-7-15/h2-7,10-11H,9,12,14H2,1H3. The van der Waals surface area contributed by atoms with Crippen LogP contribution in [0.4, 0.5) is 0 Å². The molecule has 3 heteroatoms. The molecule has 0 saturated carbocycles. The highest BCUT2D eigenvalue weighted by atomic mass is 15.1. The molecule has 4 rings (SSSR count). The molecular weight excluding hydrogens is 270 g/mol. The number of aromatic nitrogens is 2. The molecule has 0 amide bonds. The molecule has 0 radical (unpaired) electrons. The lowest BCUT2D eigenvalue weighted by molar-refractivity contribution is 0.311. The van der Waals surface area contributed by atoms with Gasteiger partial charge in [-0.25, -0.2) is 0 Å². The highest BCUT2D eigenvalue weighted by Crippen LogP contribution is 2.29. The number of hydrogen-bond acceptors (Lipinski definition) is 2. The largest absolute Gasteiger partial charge is 0.302 e. The van der Waals surface area contributed by atoms with E-state index in [1.165, 1.54) is 22.2 Å². The number of likely N-dealkylation sites (N-methyl/N-ethyl adjacent to an activating group) is 1. The fraction of sp³-hybridized carbons (Fsp3) is 0.211. The van der Waals surface area contributed by atoms with Crippen LogP contribution in [0.15, 0.2) is 48.8 Å². The molecule has 1 aromatic carbocycles. The Hall–Kier alpha value is -2.57. The lowest BCUT2D eigenvalue weighted by Crippen LogP contribution is -2.26. The predicted octanol–water partition coefficient (Wildman–Crippen LogP) is 2.88. The van der Waals surface area contributed by atoms with Crippen molar-refractivity contribution in [3.8, 4) is 12.0 Å². The number of pyridine rings is 1. The van der Waals surface area contributed by atoms with Crippen molar-refractivity contribution < 1.29 is 0 Å². The molecule has 0 spiro atoms. The van der Waals surface area contributed by atoms with Crippen molar-refractivity contribution >= 4 is 10.9 Å². The van der Waals surface area contributed by atoms with Gasteiger partial charge in [0, 0.05) is 54.6 Å². The van der Waals surface area contributed by atoms with Gasteiger partial charge in [0.25, 0.3) is 0 Å². The maximum atomic E-state index is 4.04. The van der Waals surface area contributed by atoms with Crippen LogP contribution in [0.25, 0.3) is 10.9 Å². The summed E-state index contributed by atoms with van der Waals surface area (Å²) in [5.41, 5.74) is 4.99. The third kappa shape index (κ3) is 2.18. The molecule has 0 unspecified atom stereocenters. The van der Waals surface area contributed by atoms with E-state index in [2.05, 4.69) is 57.7 Å². The van der Waals surface area contributed by atoms with Crippen molar-refractivity contribution in [3.05, 3.63) is 65.6 Å². The number of nitrogens with zero attached hydrogens (tertiary/aromatic N) is 3. The van der Waals surface area contributed by atoms with Crippen LogP contribution in [0.1, 0.15) is 16.8 Å². The van der Waals surface area contributed by atoms with Crippen molar-refractivity contribution in [2.45, 2.75) is 13.0 Å². The average Bonchev–Trinajstić information content (AvgIpc) is 2.87. The molecule has 1 aliphatic heterocycles. The van der Waals surface area contributed by atoms with Crippen LogP contribution in [-0.2, 0) is 13.0 Å². The molecule has 0 atom stereocenters. The van der Waals surface area contributed by atoms with E-state index in [1.807, 2.05) is 12.1 Å². The Kier molecular flexibility index (Phi) is 3.17. The van der Waals surface area contributed by atoms with E-state index in [0.717, 1.165) is 25.1 Å². The van der Waals surface area contributed by atoms with Gasteiger partial charge in [0.1, 0.15) is 0 Å². The van der Waals surface area contributed by atoms with Crippen LogP contribution in [-0.4, -0.2) is 28.0 Å². The van der Waals surface area contributed by atoms with Crippen molar-refractivity contribution in [2.24, 2.45) is 0 Å². The molecule has 0 fully saturated rings. The van der Waals surface area contributed by atoms with Crippen LogP contribution in [0, 0.1) is 12.0 Å². The highest BCUT2D eigenvalue weighted by Gasteiger charge is 2.21. The molecule has 3 heterocycles. The van der Waals surface area contributed by atoms with Gasteiger partial charge in [-0.15, -0.1) is 0 Å². The Morgan fingerprint density at radius 1 is 1.09 bits per heavy atom. The second-order valence-corrected chi connectivity index (χ2v) is 5.74. The number of fused-ring (bicyclic) bond motifs is 3. The van der Waals surface area contributed by atoms with Crippen molar-refractivity contribution in [1.29, 1.82) is 0 Å². The molecule has 0 aliphatic carbocycles. The van der Waals surface area contributed by atoms with Gasteiger partial charge >= 0.3 is 0 Å². The second kappa shape index (κ2) is 5.32. The zero-order chi connectivity index (χ0) is 14.9. The molecule has 1 aliphatic rings. The van der Waals surface area contributed by atoms with E-state index >= 15 is 0 Å². The van der Waals surface area contributed by atoms with Crippen LogP contribution < -0.4 is 0 Å². The maximum Gasteiger partial charge on any atom is 0.0618 e. The minimum atomic E-state index is 0.995. The third-order valence-corrected chi connectivity index (χ3v) is 4.24. The Labute approximate surface area is 130 Å². The summed E-state index contributed by atoms with van der Waals surface area (Å²) in [6, 6.07) is 15.8. The lowest BCUT2D eigenvalue weighted by Gasteiger charge is -2.23. The van der Waals surface area contributed by atoms with Crippen LogP contribution in [0.3, 0.4) is 0 Å². The molecular formula is C19H17N3. The van der Waals surface area contributed by atoms with Crippen molar-refractivity contribution in [1.82, 2.24) is 14.5 Å². The van der Waals surface area contributed by atoms with Gasteiger partial charge in [-0.1, -0.05) is 18.2 Å². The van der Waals surface area contributed by atoms with Crippen molar-refractivity contribution in [3.63, 3.8) is 0 Å². The smallest absolute Gasteiger partial charge is 0.0618 e. The molecule has 0 N–H and O–H groups in total. The van der Waals surface area contributed by atoms with Gasteiger partial charge in [0.2, 0.25) is 0 Å². The van der Waals surface area contributed by atoms with E-state index in [1.54, 1.807) is 12.4 Å². The van der Waals surface area contributed by atoms with Gasteiger partial charge in [-0.3, -0.25) is 9.55 Å². The van der Waals surface area contributed by atoms with Gasteiger partial charge in [0.15, 0.2) is 0 Å². The summed E-state index contributed by atoms with van der Waals surface area (Å²) in [7, 11) is 2.18. The van der Waals surface area contributed by atoms with Crippen molar-refractivity contribution in [2.75, 3.05) is 13.6 Å². The predicted molar refractivity (Wildman–Crippen MR) is 88.5 cm³/mol. The number of hydrogen-bond donors (Lipinski definition) is 0. The van der Waals surface area contributed by atoms with Crippen LogP contribution in [0.2, 0.25) is 0 Å². The molecule has 22 heavy (non-hydrogen) atoms. The van der Waals surface area contributed by atoms with Gasteiger partial charge in [-0.05, 0) is 36.7 Å². The van der Waals surface area contributed by atoms with E-state index in [-0.39, 0.29) is 0 Å². The molecule has 3 aromatic rings. The minimum Gasteiger partial charge on any atom is -0.302 e. The number of para-hydroxylation sites is 1. The third-order valence-electron chi connectivity index (χ3n) is 4.24. The average molecular weight is 287 g/mol. The monoisotopic (exact) mass is 287 g/mol. The topological polar surface area (TPSA) is 21.1 Å². The lowest BCUT2D eigenvalue weighted by atomic mass is 10.1. The Balaban J connectivity index is 1.89. The molecule has 0 bridgehead atoms. The molecule has 0 saturated heterocycles. The first kappa shape index (κ1) is 13.1. The van der Waals surface area contributed by atoms with Gasteiger partial charge < -0.3 is 4.90 Å². The summed E-state index contributed by atoms with van der Waals surface area (Å²) in [4.78, 5) is 6.41. The fourth-order valence-corrected chi connectivity index (χ4v) is 3.13. The molecule has 3 nitrogen and oxygen atoms in total. The first-order valence-corrected chi connectivity index (χ1v) is 7.55. The summed E-state index contributed by atoms with van der Waals surface area (Å²) in [5, 5.41) is 1.33. The van der Waals surface area contributed by atoms with Gasteiger partial charge in [0.05, 0.1) is 5.52 Å². The summed E-state index contributed by atoms with van der Waals surface area (Å²) in [5.74, 6) is 3.26. The van der Waals surface area contributed by atoms with E-state index in [4.69, 9.17) is 0 Å². The Morgan fingerprint density at radius 2 is 1.91 bits per heavy atom. The van der Waals surface area contributed by atoms with E-state index in [9.17, 15) is 0 Å². The summed E-state index contributed by atoms with van der Waals surface area (Å²) in [6.07, 6.45) is 4.61. The molecule has 2 aromatic heterocycles. The number of benzene rings is 1. The van der Waals surface area contributed by atoms with Crippen LogP contribution in [0.5, 0.6) is 0 Å². The summed E-state index contributed by atoms with van der Waals surface area (Å²) in [6.45, 7) is 2.08. The fourth-order valence-electron chi connectivity index (χ4n) is 3.13. The zero-order valence-electron chi connectivity index (χ0n) is 12.6. The van der Waals surface area contributed by atoms with E-state index in [0.29, 0.717) is 0 Å². The zero-order valence-corrected chi connectivity index (χ0v) is 12.6. The summed E-state index contributed by atoms with van der Waals surface area (Å²) >= 11 is 0. The molecule has 108 valence electrons. The quantitative estimate of drug-likeness (QED) is 0.593. The highest BCUT2D eigenvalue weighted by molar-refractivity contribution is 5.86. The first-order valence-electron chi connectivity index (χ1n) is 7.55. The van der Waals surface area contributed by atoms with Gasteiger partial charge in [-0.2, -0.15) is 0 Å². The SMILES string of the molecule is CN1CCc2c(c3ccccc3n2C#Cc2ccncc2)C1. The normalized spacial score (nSPS) is 14.4. The minimum absolute atomic E-state index is 0.995. The first-order chi connectivity index (χ1) is 10.8. The second-order valence-electron chi connectivity index (χ2n) is 5.74. The Morgan fingerprint density at radius 3 is 2.77 bits per heavy atom. The maximum absolute atomic E-state index is 4.04. The Bertz CT molecular complexity index is 881. The van der Waals surface area contributed by atoms with E-state index < -0.39 is 0 Å². The van der Waals surface area contributed by atoms with Crippen LogP contribution >= 0.6 is 0 Å². The number of rotatable bonds is 0.